The van der Waals surface area contributed by atoms with Crippen LogP contribution in [-0.4, -0.2) is 44.2 Å². The molecule has 7 heteroatoms. The van der Waals surface area contributed by atoms with Crippen LogP contribution in [0.3, 0.4) is 0 Å². The van der Waals surface area contributed by atoms with Crippen LogP contribution in [-0.2, 0) is 11.3 Å². The summed E-state index contributed by atoms with van der Waals surface area (Å²) in [5.41, 5.74) is 0.291. The number of carbonyl (C=O) groups excluding carboxylic acids is 1. The highest BCUT2D eigenvalue weighted by molar-refractivity contribution is 5.83. The molecule has 3 aromatic rings. The molecule has 0 radical (unpaired) electrons. The lowest BCUT2D eigenvalue weighted by Crippen LogP contribution is -2.50. The van der Waals surface area contributed by atoms with Gasteiger partial charge in [-0.2, -0.15) is 0 Å². The number of likely N-dealkylation sites (tertiary alicyclic amines) is 1. The van der Waals surface area contributed by atoms with Crippen molar-refractivity contribution in [2.75, 3.05) is 13.1 Å². The van der Waals surface area contributed by atoms with Crippen LogP contribution in [0.15, 0.2) is 71.8 Å². The minimum atomic E-state index is -1.09. The summed E-state index contributed by atoms with van der Waals surface area (Å²) in [6.07, 6.45) is 3.01. The third-order valence-corrected chi connectivity index (χ3v) is 6.84. The molecule has 2 heterocycles. The Bertz CT molecular complexity index is 1220. The predicted molar refractivity (Wildman–Crippen MR) is 122 cm³/mol. The van der Waals surface area contributed by atoms with E-state index in [1.165, 1.54) is 28.6 Å². The number of nitrogens with zero attached hydrogens (tertiary/aromatic N) is 3. The molecule has 2 atom stereocenters. The van der Waals surface area contributed by atoms with Crippen molar-refractivity contribution in [1.82, 2.24) is 14.5 Å². The second kappa shape index (κ2) is 8.56. The first kappa shape index (κ1) is 21.5. The highest BCUT2D eigenvalue weighted by Crippen LogP contribution is 2.48. The predicted octanol–water partition coefficient (Wildman–Crippen LogP) is 3.21. The van der Waals surface area contributed by atoms with Crippen LogP contribution in [0.4, 0.5) is 4.39 Å². The minimum Gasteiger partial charge on any atom is -0.388 e. The second-order valence-electron chi connectivity index (χ2n) is 9.13. The van der Waals surface area contributed by atoms with Gasteiger partial charge in [0.1, 0.15) is 5.82 Å². The number of benzene rings is 2. The van der Waals surface area contributed by atoms with Crippen molar-refractivity contribution < 1.29 is 14.3 Å². The van der Waals surface area contributed by atoms with Crippen LogP contribution in [0.1, 0.15) is 30.7 Å². The Kier molecular flexibility index (Phi) is 5.58. The van der Waals surface area contributed by atoms with Gasteiger partial charge in [0.05, 0.1) is 24.2 Å². The van der Waals surface area contributed by atoms with Gasteiger partial charge in [-0.15, -0.1) is 0 Å². The Morgan fingerprint density at radius 3 is 2.48 bits per heavy atom. The second-order valence-corrected chi connectivity index (χ2v) is 9.13. The monoisotopic (exact) mass is 447 g/mol. The van der Waals surface area contributed by atoms with Gasteiger partial charge in [-0.05, 0) is 42.9 Å². The zero-order valence-corrected chi connectivity index (χ0v) is 18.2. The van der Waals surface area contributed by atoms with Crippen LogP contribution in [0.5, 0.6) is 0 Å². The fraction of sp³-hybridized carbons (Fsp3) is 0.346. The maximum atomic E-state index is 14.0. The quantitative estimate of drug-likeness (QED) is 0.652. The number of aliphatic hydroxyl groups is 1. The average molecular weight is 448 g/mol. The molecule has 1 aromatic heterocycles. The Morgan fingerprint density at radius 1 is 1.09 bits per heavy atom. The number of carbonyl (C=O) groups is 1. The number of rotatable bonds is 5. The third-order valence-electron chi connectivity index (χ3n) is 6.84. The zero-order chi connectivity index (χ0) is 23.0. The first-order valence-corrected chi connectivity index (χ1v) is 11.3. The summed E-state index contributed by atoms with van der Waals surface area (Å²) in [5, 5.41) is 11.1. The smallest absolute Gasteiger partial charge is 0.253 e. The van der Waals surface area contributed by atoms with E-state index in [1.807, 2.05) is 23.1 Å². The van der Waals surface area contributed by atoms with Gasteiger partial charge in [0.2, 0.25) is 5.91 Å². The molecule has 170 valence electrons. The molecule has 1 amide bonds. The van der Waals surface area contributed by atoms with E-state index in [-0.39, 0.29) is 41.1 Å². The molecule has 6 nitrogen and oxygen atoms in total. The van der Waals surface area contributed by atoms with Gasteiger partial charge < -0.3 is 10.0 Å². The molecule has 1 aliphatic heterocycles. The van der Waals surface area contributed by atoms with Crippen LogP contribution < -0.4 is 5.56 Å². The summed E-state index contributed by atoms with van der Waals surface area (Å²) in [6, 6.07) is 17.6. The summed E-state index contributed by atoms with van der Waals surface area (Å²) in [5.74, 6) is 0.0235. The first-order chi connectivity index (χ1) is 15.9. The molecule has 2 fully saturated rings. The SMILES string of the molecule is O=C(C1CC1c1ccccc1)N1CCC(O)(Cn2cnc(-c3ccccc3F)cc2=O)CC1. The van der Waals surface area contributed by atoms with Crippen LogP contribution in [0, 0.1) is 11.7 Å². The fourth-order valence-electron chi connectivity index (χ4n) is 4.75. The lowest BCUT2D eigenvalue weighted by molar-refractivity contribution is -0.137. The van der Waals surface area contributed by atoms with E-state index in [2.05, 4.69) is 17.1 Å². The largest absolute Gasteiger partial charge is 0.388 e. The fourth-order valence-corrected chi connectivity index (χ4v) is 4.75. The summed E-state index contributed by atoms with van der Waals surface area (Å²) < 4.78 is 15.4. The van der Waals surface area contributed by atoms with Gasteiger partial charge in [0.15, 0.2) is 0 Å². The molecule has 2 aliphatic rings. The zero-order valence-electron chi connectivity index (χ0n) is 18.2. The van der Waals surface area contributed by atoms with Gasteiger partial charge >= 0.3 is 0 Å². The van der Waals surface area contributed by atoms with E-state index in [1.54, 1.807) is 18.2 Å². The molecule has 1 saturated carbocycles. The Labute approximate surface area is 191 Å². The Hall–Kier alpha value is -3.32. The van der Waals surface area contributed by atoms with E-state index in [4.69, 9.17) is 0 Å². The minimum absolute atomic E-state index is 0.0244. The van der Waals surface area contributed by atoms with Crippen LogP contribution in [0.2, 0.25) is 0 Å². The molecule has 0 bridgehead atoms. The van der Waals surface area contributed by atoms with Crippen molar-refractivity contribution >= 4 is 5.91 Å². The standard InChI is InChI=1S/C26H26FN3O3/c27-22-9-5-4-8-19(22)23-15-24(31)30(17-28-23)16-26(33)10-12-29(13-11-26)25(32)21-14-20(21)18-6-2-1-3-7-18/h1-9,15,17,20-21,33H,10-14,16H2. The number of amides is 1. The van der Waals surface area contributed by atoms with E-state index in [0.717, 1.165) is 6.42 Å². The molecular weight excluding hydrogens is 421 g/mol. The molecular formula is C26H26FN3O3. The van der Waals surface area contributed by atoms with Crippen molar-refractivity contribution in [1.29, 1.82) is 0 Å². The van der Waals surface area contributed by atoms with Crippen LogP contribution in [0.25, 0.3) is 11.3 Å². The van der Waals surface area contributed by atoms with E-state index < -0.39 is 11.4 Å². The summed E-state index contributed by atoms with van der Waals surface area (Å²) >= 11 is 0. The molecule has 2 aromatic carbocycles. The Balaban J connectivity index is 1.21. The topological polar surface area (TPSA) is 75.4 Å². The highest BCUT2D eigenvalue weighted by atomic mass is 19.1. The van der Waals surface area contributed by atoms with Crippen LogP contribution >= 0.6 is 0 Å². The summed E-state index contributed by atoms with van der Waals surface area (Å²) in [6.45, 7) is 1.01. The maximum absolute atomic E-state index is 14.0. The molecule has 5 rings (SSSR count). The van der Waals surface area contributed by atoms with Gasteiger partial charge in [-0.1, -0.05) is 42.5 Å². The van der Waals surface area contributed by atoms with Crippen molar-refractivity contribution in [2.45, 2.75) is 37.3 Å². The molecule has 0 spiro atoms. The molecule has 2 unspecified atom stereocenters. The Morgan fingerprint density at radius 2 is 1.79 bits per heavy atom. The van der Waals surface area contributed by atoms with Gasteiger partial charge in [0, 0.05) is 30.6 Å². The van der Waals surface area contributed by atoms with E-state index >= 15 is 0 Å². The first-order valence-electron chi connectivity index (χ1n) is 11.3. The average Bonchev–Trinajstić information content (AvgIpc) is 3.62. The van der Waals surface area contributed by atoms with Crippen molar-refractivity contribution in [2.24, 2.45) is 5.92 Å². The van der Waals surface area contributed by atoms with E-state index in [0.29, 0.717) is 25.9 Å². The number of piperidine rings is 1. The number of aromatic nitrogens is 2. The number of hydrogen-bond donors (Lipinski definition) is 1. The molecule has 1 N–H and O–H groups in total. The molecule has 1 saturated heterocycles. The molecule has 33 heavy (non-hydrogen) atoms. The summed E-state index contributed by atoms with van der Waals surface area (Å²) in [7, 11) is 0. The maximum Gasteiger partial charge on any atom is 0.253 e. The van der Waals surface area contributed by atoms with Crippen molar-refractivity contribution in [3.8, 4) is 11.3 Å². The third kappa shape index (κ3) is 4.46. The van der Waals surface area contributed by atoms with Gasteiger partial charge in [-0.25, -0.2) is 9.37 Å². The number of hydrogen-bond acceptors (Lipinski definition) is 4. The lowest BCUT2D eigenvalue weighted by Gasteiger charge is -2.38. The normalized spacial score (nSPS) is 21.6. The highest BCUT2D eigenvalue weighted by Gasteiger charge is 2.47. The van der Waals surface area contributed by atoms with Gasteiger partial charge in [-0.3, -0.25) is 14.2 Å². The summed E-state index contributed by atoms with van der Waals surface area (Å²) in [4.78, 5) is 31.6. The van der Waals surface area contributed by atoms with E-state index in [9.17, 15) is 19.1 Å². The molecule has 1 aliphatic carbocycles. The number of halogens is 1. The van der Waals surface area contributed by atoms with Crippen molar-refractivity contribution in [3.63, 3.8) is 0 Å². The van der Waals surface area contributed by atoms with Crippen molar-refractivity contribution in [3.05, 3.63) is 88.7 Å². The lowest BCUT2D eigenvalue weighted by atomic mass is 9.91. The van der Waals surface area contributed by atoms with Gasteiger partial charge in [0.25, 0.3) is 5.56 Å².